The molecule has 0 aliphatic heterocycles. The quantitative estimate of drug-likeness (QED) is 0.719. The molecule has 13 heavy (non-hydrogen) atoms. The van der Waals surface area contributed by atoms with Crippen LogP contribution in [0.15, 0.2) is 0 Å². The third-order valence-electron chi connectivity index (χ3n) is 1.69. The zero-order chi connectivity index (χ0) is 10.3. The molecule has 0 rings (SSSR count). The van der Waals surface area contributed by atoms with Gasteiger partial charge in [0.1, 0.15) is 0 Å². The van der Waals surface area contributed by atoms with Crippen molar-refractivity contribution in [3.8, 4) is 0 Å². The van der Waals surface area contributed by atoms with Gasteiger partial charge in [0.15, 0.2) is 0 Å². The Balaban J connectivity index is 3.87. The molecule has 0 aliphatic rings. The van der Waals surface area contributed by atoms with Crippen LogP contribution in [-0.2, 0) is 10.0 Å². The predicted octanol–water partition coefficient (Wildman–Crippen LogP) is 1.88. The molecule has 1 unspecified atom stereocenters. The molecule has 0 saturated heterocycles. The molecule has 80 valence electrons. The van der Waals surface area contributed by atoms with Crippen LogP contribution in [0, 0.1) is 0 Å². The van der Waals surface area contributed by atoms with Gasteiger partial charge in [-0.25, -0.2) is 13.1 Å². The molecule has 3 nitrogen and oxygen atoms in total. The van der Waals surface area contributed by atoms with E-state index in [2.05, 4.69) is 20.7 Å². The highest BCUT2D eigenvalue weighted by molar-refractivity contribution is 9.09. The molecule has 0 radical (unpaired) electrons. The molecule has 0 aliphatic carbocycles. The van der Waals surface area contributed by atoms with E-state index < -0.39 is 10.0 Å². The Labute approximate surface area is 89.5 Å². The average molecular weight is 272 g/mol. The largest absolute Gasteiger partial charge is 0.212 e. The summed E-state index contributed by atoms with van der Waals surface area (Å²) in [5, 5.41) is 0.824. The number of sulfonamides is 1. The highest BCUT2D eigenvalue weighted by Crippen LogP contribution is 1.99. The van der Waals surface area contributed by atoms with E-state index in [1.807, 2.05) is 13.8 Å². The standard InChI is InChI=1S/C8H18BrNO2S/c1-3-4-7-13(11,12)10-8(2)5-6-9/h8,10H,3-7H2,1-2H3. The lowest BCUT2D eigenvalue weighted by Crippen LogP contribution is -2.34. The maximum atomic E-state index is 11.3. The molecule has 0 spiro atoms. The first-order valence-electron chi connectivity index (χ1n) is 4.57. The molecular formula is C8H18BrNO2S. The van der Waals surface area contributed by atoms with Crippen LogP contribution in [0.1, 0.15) is 33.1 Å². The number of unbranched alkanes of at least 4 members (excludes halogenated alkanes) is 1. The Morgan fingerprint density at radius 3 is 2.54 bits per heavy atom. The van der Waals surface area contributed by atoms with Gasteiger partial charge in [0.05, 0.1) is 5.75 Å². The first-order valence-corrected chi connectivity index (χ1v) is 7.35. The monoisotopic (exact) mass is 271 g/mol. The van der Waals surface area contributed by atoms with Crippen molar-refractivity contribution in [2.45, 2.75) is 39.2 Å². The number of rotatable bonds is 7. The van der Waals surface area contributed by atoms with Crippen LogP contribution in [0.4, 0.5) is 0 Å². The van der Waals surface area contributed by atoms with Gasteiger partial charge >= 0.3 is 0 Å². The number of hydrogen-bond donors (Lipinski definition) is 1. The second kappa shape index (κ2) is 6.79. The minimum absolute atomic E-state index is 0.0289. The molecule has 0 fully saturated rings. The van der Waals surface area contributed by atoms with Crippen molar-refractivity contribution < 1.29 is 8.42 Å². The van der Waals surface area contributed by atoms with Crippen molar-refractivity contribution in [3.63, 3.8) is 0 Å². The van der Waals surface area contributed by atoms with Crippen molar-refractivity contribution in [1.29, 1.82) is 0 Å². The van der Waals surface area contributed by atoms with Gasteiger partial charge in [-0.1, -0.05) is 29.3 Å². The predicted molar refractivity (Wildman–Crippen MR) is 59.7 cm³/mol. The van der Waals surface area contributed by atoms with E-state index in [9.17, 15) is 8.42 Å². The lowest BCUT2D eigenvalue weighted by atomic mass is 10.3. The average Bonchev–Trinajstić information content (AvgIpc) is 2.00. The summed E-state index contributed by atoms with van der Waals surface area (Å²) in [5.41, 5.74) is 0. The molecular weight excluding hydrogens is 254 g/mol. The van der Waals surface area contributed by atoms with E-state index >= 15 is 0 Å². The van der Waals surface area contributed by atoms with Crippen LogP contribution >= 0.6 is 15.9 Å². The summed E-state index contributed by atoms with van der Waals surface area (Å²) in [7, 11) is -3.04. The van der Waals surface area contributed by atoms with E-state index in [4.69, 9.17) is 0 Å². The molecule has 0 amide bonds. The van der Waals surface area contributed by atoms with Gasteiger partial charge in [0.2, 0.25) is 10.0 Å². The third-order valence-corrected chi connectivity index (χ3v) is 3.73. The zero-order valence-corrected chi connectivity index (χ0v) is 10.6. The van der Waals surface area contributed by atoms with Crippen molar-refractivity contribution in [3.05, 3.63) is 0 Å². The van der Waals surface area contributed by atoms with Crippen LogP contribution < -0.4 is 4.72 Å². The van der Waals surface area contributed by atoms with Gasteiger partial charge in [0, 0.05) is 11.4 Å². The van der Waals surface area contributed by atoms with Gasteiger partial charge in [-0.05, 0) is 19.8 Å². The highest BCUT2D eigenvalue weighted by Gasteiger charge is 2.12. The van der Waals surface area contributed by atoms with Crippen LogP contribution in [0.5, 0.6) is 0 Å². The first-order chi connectivity index (χ1) is 6.02. The molecule has 0 saturated carbocycles. The summed E-state index contributed by atoms with van der Waals surface area (Å²) in [6.07, 6.45) is 2.47. The summed E-state index contributed by atoms with van der Waals surface area (Å²) in [6, 6.07) is 0.0289. The fraction of sp³-hybridized carbons (Fsp3) is 1.00. The SMILES string of the molecule is CCCCS(=O)(=O)NC(C)CCBr. The lowest BCUT2D eigenvalue weighted by molar-refractivity contribution is 0.554. The number of halogens is 1. The fourth-order valence-electron chi connectivity index (χ4n) is 0.922. The molecule has 5 heteroatoms. The topological polar surface area (TPSA) is 46.2 Å². The van der Waals surface area contributed by atoms with Gasteiger partial charge in [-0.3, -0.25) is 0 Å². The van der Waals surface area contributed by atoms with E-state index in [0.29, 0.717) is 0 Å². The van der Waals surface area contributed by atoms with Crippen LogP contribution in [0.2, 0.25) is 0 Å². The van der Waals surface area contributed by atoms with Crippen LogP contribution in [0.25, 0.3) is 0 Å². The minimum atomic E-state index is -3.04. The molecule has 0 aromatic rings. The zero-order valence-electron chi connectivity index (χ0n) is 8.22. The minimum Gasteiger partial charge on any atom is -0.212 e. The van der Waals surface area contributed by atoms with Gasteiger partial charge in [-0.15, -0.1) is 0 Å². The van der Waals surface area contributed by atoms with Crippen molar-refractivity contribution in [2.24, 2.45) is 0 Å². The molecule has 1 N–H and O–H groups in total. The van der Waals surface area contributed by atoms with Gasteiger partial charge in [0.25, 0.3) is 0 Å². The molecule has 0 bridgehead atoms. The van der Waals surface area contributed by atoms with Crippen LogP contribution in [0.3, 0.4) is 0 Å². The Kier molecular flexibility index (Phi) is 6.99. The molecule has 0 aromatic heterocycles. The smallest absolute Gasteiger partial charge is 0.211 e. The van der Waals surface area contributed by atoms with Crippen molar-refractivity contribution >= 4 is 26.0 Å². The Hall–Kier alpha value is 0.390. The molecule has 1 atom stereocenters. The van der Waals surface area contributed by atoms with E-state index in [-0.39, 0.29) is 11.8 Å². The fourth-order valence-corrected chi connectivity index (χ4v) is 3.13. The maximum Gasteiger partial charge on any atom is 0.211 e. The van der Waals surface area contributed by atoms with E-state index in [0.717, 1.165) is 24.6 Å². The normalized spacial score (nSPS) is 14.4. The van der Waals surface area contributed by atoms with E-state index in [1.165, 1.54) is 0 Å². The maximum absolute atomic E-state index is 11.3. The Morgan fingerprint density at radius 1 is 1.46 bits per heavy atom. The Bertz CT molecular complexity index is 216. The van der Waals surface area contributed by atoms with Crippen molar-refractivity contribution in [2.75, 3.05) is 11.1 Å². The summed E-state index contributed by atoms with van der Waals surface area (Å²) in [5.74, 6) is 0.246. The van der Waals surface area contributed by atoms with Crippen LogP contribution in [-0.4, -0.2) is 25.5 Å². The molecule has 0 aromatic carbocycles. The number of nitrogens with one attached hydrogen (secondary N) is 1. The van der Waals surface area contributed by atoms with Crippen molar-refractivity contribution in [1.82, 2.24) is 4.72 Å². The summed E-state index contributed by atoms with van der Waals surface area (Å²) in [6.45, 7) is 3.86. The Morgan fingerprint density at radius 2 is 2.08 bits per heavy atom. The highest BCUT2D eigenvalue weighted by atomic mass is 79.9. The second-order valence-electron chi connectivity index (χ2n) is 3.17. The summed E-state index contributed by atoms with van der Waals surface area (Å²) < 4.78 is 25.3. The summed E-state index contributed by atoms with van der Waals surface area (Å²) in [4.78, 5) is 0. The third kappa shape index (κ3) is 7.46. The molecule has 0 heterocycles. The summed E-state index contributed by atoms with van der Waals surface area (Å²) >= 11 is 3.28. The lowest BCUT2D eigenvalue weighted by Gasteiger charge is -2.12. The van der Waals surface area contributed by atoms with Gasteiger partial charge < -0.3 is 0 Å². The second-order valence-corrected chi connectivity index (χ2v) is 5.84. The van der Waals surface area contributed by atoms with E-state index in [1.54, 1.807) is 0 Å². The first kappa shape index (κ1) is 13.4. The number of alkyl halides is 1. The number of hydrogen-bond acceptors (Lipinski definition) is 2. The van der Waals surface area contributed by atoms with Gasteiger partial charge in [-0.2, -0.15) is 0 Å².